The van der Waals surface area contributed by atoms with Crippen LogP contribution in [0.15, 0.2) is 88.2 Å². The van der Waals surface area contributed by atoms with Gasteiger partial charge in [-0.05, 0) is 68.1 Å². The van der Waals surface area contributed by atoms with Gasteiger partial charge >= 0.3 is 0 Å². The van der Waals surface area contributed by atoms with Crippen LogP contribution < -0.4 is 15.4 Å². The van der Waals surface area contributed by atoms with Crippen LogP contribution in [0.25, 0.3) is 11.5 Å². The maximum atomic E-state index is 13.5. The van der Waals surface area contributed by atoms with E-state index in [2.05, 4.69) is 25.6 Å². The maximum absolute atomic E-state index is 13.5. The molecule has 1 aromatic heterocycles. The van der Waals surface area contributed by atoms with Crippen molar-refractivity contribution in [2.75, 3.05) is 6.61 Å². The summed E-state index contributed by atoms with van der Waals surface area (Å²) in [6, 6.07) is 18.8. The van der Waals surface area contributed by atoms with Crippen molar-refractivity contribution >= 4 is 33.4 Å². The normalized spacial score (nSPS) is 14.2. The Morgan fingerprint density at radius 2 is 1.65 bits per heavy atom. The number of benzene rings is 3. The standard InChI is InChI=1S/C34H40ClN5O7S/c1-21(2)17-28(30(41)34-39-38-33(47-34)25-10-6-5-7-11-25)37-31(42)23(4)36-32(43)29(20-46-19-24-9-8-12-26(35)18-24)40-48(44,45)27-15-13-22(3)14-16-27/h5-16,18,21,23,28-30,40-41H,17,19-20H2,1-4H3,(H,36,43)(H,37,42)/t23-,28-,29-,30?/m0/s1. The summed E-state index contributed by atoms with van der Waals surface area (Å²) in [7, 11) is -4.14. The lowest BCUT2D eigenvalue weighted by molar-refractivity contribution is -0.131. The van der Waals surface area contributed by atoms with Gasteiger partial charge < -0.3 is 24.9 Å². The van der Waals surface area contributed by atoms with Crippen LogP contribution in [-0.2, 0) is 31.0 Å². The van der Waals surface area contributed by atoms with Crippen LogP contribution in [-0.4, -0.2) is 60.3 Å². The Morgan fingerprint density at radius 1 is 0.938 bits per heavy atom. The van der Waals surface area contributed by atoms with Crippen LogP contribution in [0.1, 0.15) is 50.3 Å². The number of nitrogens with one attached hydrogen (secondary N) is 3. The third kappa shape index (κ3) is 10.4. The summed E-state index contributed by atoms with van der Waals surface area (Å²) in [6.07, 6.45) is -0.981. The van der Waals surface area contributed by atoms with Gasteiger partial charge in [0.2, 0.25) is 33.6 Å². The number of hydrogen-bond donors (Lipinski definition) is 4. The van der Waals surface area contributed by atoms with Crippen molar-refractivity contribution in [2.45, 2.75) is 69.8 Å². The van der Waals surface area contributed by atoms with E-state index in [-0.39, 0.29) is 35.8 Å². The van der Waals surface area contributed by atoms with Gasteiger partial charge in [0, 0.05) is 10.6 Å². The summed E-state index contributed by atoms with van der Waals surface area (Å²) >= 11 is 6.06. The molecule has 14 heteroatoms. The highest BCUT2D eigenvalue weighted by Gasteiger charge is 2.32. The summed E-state index contributed by atoms with van der Waals surface area (Å²) in [5.74, 6) is -1.19. The first-order valence-electron chi connectivity index (χ1n) is 15.4. The second-order valence-corrected chi connectivity index (χ2v) is 14.0. The molecule has 256 valence electrons. The fourth-order valence-corrected chi connectivity index (χ4v) is 6.14. The van der Waals surface area contributed by atoms with Crippen molar-refractivity contribution in [3.05, 3.63) is 101 Å². The second kappa shape index (κ2) is 16.8. The van der Waals surface area contributed by atoms with Crippen molar-refractivity contribution < 1.29 is 32.3 Å². The van der Waals surface area contributed by atoms with Gasteiger partial charge in [-0.15, -0.1) is 10.2 Å². The molecule has 2 amide bonds. The van der Waals surface area contributed by atoms with Crippen LogP contribution in [0.4, 0.5) is 0 Å². The summed E-state index contributed by atoms with van der Waals surface area (Å²) in [5.41, 5.74) is 2.26. The van der Waals surface area contributed by atoms with E-state index in [0.717, 1.165) is 11.1 Å². The van der Waals surface area contributed by atoms with Gasteiger partial charge in [0.25, 0.3) is 0 Å². The van der Waals surface area contributed by atoms with E-state index in [1.165, 1.54) is 19.1 Å². The first-order chi connectivity index (χ1) is 22.8. The van der Waals surface area contributed by atoms with Crippen molar-refractivity contribution in [3.8, 4) is 11.5 Å². The maximum Gasteiger partial charge on any atom is 0.247 e. The molecule has 3 aromatic carbocycles. The van der Waals surface area contributed by atoms with Gasteiger partial charge in [-0.2, -0.15) is 4.72 Å². The number of halogens is 1. The van der Waals surface area contributed by atoms with Crippen LogP contribution in [0, 0.1) is 12.8 Å². The molecule has 0 spiro atoms. The largest absolute Gasteiger partial charge is 0.418 e. The molecule has 0 radical (unpaired) electrons. The average molecular weight is 698 g/mol. The Labute approximate surface area is 285 Å². The minimum Gasteiger partial charge on any atom is -0.418 e. The number of carbonyl (C=O) groups is 2. The van der Waals surface area contributed by atoms with E-state index in [4.69, 9.17) is 20.8 Å². The summed E-state index contributed by atoms with van der Waals surface area (Å²) in [4.78, 5) is 26.8. The van der Waals surface area contributed by atoms with Gasteiger partial charge in [0.1, 0.15) is 12.1 Å². The molecule has 12 nitrogen and oxygen atoms in total. The number of hydrogen-bond acceptors (Lipinski definition) is 9. The van der Waals surface area contributed by atoms with E-state index in [1.807, 2.05) is 39.0 Å². The first kappa shape index (κ1) is 36.7. The Morgan fingerprint density at radius 3 is 2.31 bits per heavy atom. The molecular weight excluding hydrogens is 658 g/mol. The summed E-state index contributed by atoms with van der Waals surface area (Å²) < 4.78 is 40.3. The number of rotatable bonds is 16. The molecule has 0 bridgehead atoms. The lowest BCUT2D eigenvalue weighted by Gasteiger charge is -2.26. The zero-order valence-electron chi connectivity index (χ0n) is 27.1. The number of aryl methyl sites for hydroxylation is 1. The number of amides is 2. The van der Waals surface area contributed by atoms with E-state index in [1.54, 1.807) is 48.5 Å². The number of aliphatic hydroxyl groups is 1. The number of aliphatic hydroxyl groups excluding tert-OH is 1. The molecule has 0 saturated carbocycles. The quantitative estimate of drug-likeness (QED) is 0.133. The number of sulfonamides is 1. The van der Waals surface area contributed by atoms with Crippen LogP contribution >= 0.6 is 11.6 Å². The van der Waals surface area contributed by atoms with Gasteiger partial charge in [-0.3, -0.25) is 9.59 Å². The molecule has 0 fully saturated rings. The highest BCUT2D eigenvalue weighted by Crippen LogP contribution is 2.25. The SMILES string of the molecule is Cc1ccc(S(=O)(=O)N[C@@H](COCc2cccc(Cl)c2)C(=O)N[C@@H](C)C(=O)N[C@@H](CC(C)C)C(O)c2nnc(-c3ccccc3)o2)cc1. The van der Waals surface area contributed by atoms with E-state index < -0.39 is 46.1 Å². The highest BCUT2D eigenvalue weighted by atomic mass is 35.5. The van der Waals surface area contributed by atoms with Gasteiger partial charge in [-0.25, -0.2) is 8.42 Å². The van der Waals surface area contributed by atoms with Crippen molar-refractivity contribution in [2.24, 2.45) is 5.92 Å². The van der Waals surface area contributed by atoms with Gasteiger partial charge in [0.15, 0.2) is 6.10 Å². The number of aromatic nitrogens is 2. The van der Waals surface area contributed by atoms with E-state index in [0.29, 0.717) is 17.0 Å². The smallest absolute Gasteiger partial charge is 0.247 e. The van der Waals surface area contributed by atoms with Crippen LogP contribution in [0.2, 0.25) is 5.02 Å². The molecule has 0 aliphatic rings. The van der Waals surface area contributed by atoms with E-state index in [9.17, 15) is 23.1 Å². The molecule has 0 saturated heterocycles. The first-order valence-corrected chi connectivity index (χ1v) is 17.3. The van der Waals surface area contributed by atoms with Gasteiger partial charge in [0.05, 0.1) is 24.2 Å². The molecule has 4 N–H and O–H groups in total. The minimum atomic E-state index is -4.14. The fraction of sp³-hybridized carbons (Fsp3) is 0.353. The molecular formula is C34H40ClN5O7S. The Hall–Kier alpha value is -4.14. The summed E-state index contributed by atoms with van der Waals surface area (Å²) in [5, 5.41) is 25.0. The van der Waals surface area contributed by atoms with Crippen molar-refractivity contribution in [3.63, 3.8) is 0 Å². The molecule has 1 unspecified atom stereocenters. The number of nitrogens with zero attached hydrogens (tertiary/aromatic N) is 2. The average Bonchev–Trinajstić information content (AvgIpc) is 3.54. The van der Waals surface area contributed by atoms with Crippen molar-refractivity contribution in [1.82, 2.24) is 25.6 Å². The molecule has 0 aliphatic carbocycles. The summed E-state index contributed by atoms with van der Waals surface area (Å²) in [6.45, 7) is 6.84. The molecule has 0 aliphatic heterocycles. The van der Waals surface area contributed by atoms with Crippen LogP contribution in [0.5, 0.6) is 0 Å². The monoisotopic (exact) mass is 697 g/mol. The fourth-order valence-electron chi connectivity index (χ4n) is 4.74. The number of carbonyl (C=O) groups excluding carboxylic acids is 2. The Balaban J connectivity index is 1.45. The second-order valence-electron chi connectivity index (χ2n) is 11.9. The minimum absolute atomic E-state index is 0.0338. The third-order valence-corrected chi connectivity index (χ3v) is 9.01. The zero-order valence-corrected chi connectivity index (χ0v) is 28.7. The lowest BCUT2D eigenvalue weighted by atomic mass is 9.98. The zero-order chi connectivity index (χ0) is 34.8. The Bertz CT molecular complexity index is 1770. The molecule has 48 heavy (non-hydrogen) atoms. The number of ether oxygens (including phenoxy) is 1. The molecule has 4 atom stereocenters. The molecule has 4 rings (SSSR count). The topological polar surface area (TPSA) is 173 Å². The van der Waals surface area contributed by atoms with E-state index >= 15 is 0 Å². The predicted octanol–water partition coefficient (Wildman–Crippen LogP) is 4.33. The predicted molar refractivity (Wildman–Crippen MR) is 180 cm³/mol. The van der Waals surface area contributed by atoms with Crippen molar-refractivity contribution in [1.29, 1.82) is 0 Å². The molecule has 4 aromatic rings. The van der Waals surface area contributed by atoms with Crippen LogP contribution in [0.3, 0.4) is 0 Å². The highest BCUT2D eigenvalue weighted by molar-refractivity contribution is 7.89. The molecule has 1 heterocycles. The lowest BCUT2D eigenvalue weighted by Crippen LogP contribution is -2.55. The Kier molecular flexibility index (Phi) is 12.8. The van der Waals surface area contributed by atoms with Gasteiger partial charge in [-0.1, -0.05) is 73.5 Å². The third-order valence-electron chi connectivity index (χ3n) is 7.29.